The molecule has 0 fully saturated rings. The Morgan fingerprint density at radius 2 is 1.93 bits per heavy atom. The number of benzene rings is 1. The highest BCUT2D eigenvalue weighted by Crippen LogP contribution is 2.28. The van der Waals surface area contributed by atoms with Crippen LogP contribution in [0, 0.1) is 0 Å². The number of nitrogens with one attached hydrogen (secondary N) is 1. The molecule has 7 nitrogen and oxygen atoms in total. The number of anilines is 1. The zero-order chi connectivity index (χ0) is 18.6. The number of carbonyl (C=O) groups excluding carboxylic acids is 1. The lowest BCUT2D eigenvalue weighted by Crippen LogP contribution is -2.14. The molecule has 1 N–H and O–H groups in total. The third kappa shape index (κ3) is 3.93. The summed E-state index contributed by atoms with van der Waals surface area (Å²) >= 11 is 2.96. The predicted octanol–water partition coefficient (Wildman–Crippen LogP) is 3.61. The highest BCUT2D eigenvalue weighted by Gasteiger charge is 2.19. The van der Waals surface area contributed by atoms with Crippen LogP contribution in [0.4, 0.5) is 5.13 Å². The van der Waals surface area contributed by atoms with Crippen molar-refractivity contribution in [1.29, 1.82) is 0 Å². The molecular weight excluding hydrogens is 380 g/mol. The van der Waals surface area contributed by atoms with Gasteiger partial charge in [0.15, 0.2) is 4.34 Å². The second kappa shape index (κ2) is 7.77. The number of hydrogen-bond donors (Lipinski definition) is 1. The second-order valence-corrected chi connectivity index (χ2v) is 7.90. The molecule has 4 aromatic rings. The molecule has 0 radical (unpaired) electrons. The number of thioether (sulfide) groups is 1. The largest absolute Gasteiger partial charge is 0.308 e. The van der Waals surface area contributed by atoms with Crippen LogP contribution in [0.5, 0.6) is 0 Å². The normalized spacial score (nSPS) is 10.9. The fourth-order valence-electron chi connectivity index (χ4n) is 2.58. The second-order valence-electron chi connectivity index (χ2n) is 5.70. The average Bonchev–Trinajstić information content (AvgIpc) is 3.41. The average molecular weight is 397 g/mol. The molecule has 0 aliphatic carbocycles. The van der Waals surface area contributed by atoms with Crippen molar-refractivity contribution in [1.82, 2.24) is 24.5 Å². The summed E-state index contributed by atoms with van der Waals surface area (Å²) in [7, 11) is 1.80. The molecule has 0 unspecified atom stereocenters. The van der Waals surface area contributed by atoms with E-state index in [0.29, 0.717) is 16.5 Å². The smallest absolute Gasteiger partial charge is 0.262 e. The van der Waals surface area contributed by atoms with Gasteiger partial charge in [-0.25, -0.2) is 0 Å². The van der Waals surface area contributed by atoms with Gasteiger partial charge in [-0.3, -0.25) is 14.8 Å². The van der Waals surface area contributed by atoms with E-state index in [0.717, 1.165) is 10.1 Å². The van der Waals surface area contributed by atoms with Crippen molar-refractivity contribution in [2.24, 2.45) is 7.05 Å². The quantitative estimate of drug-likeness (QED) is 0.398. The molecule has 27 heavy (non-hydrogen) atoms. The summed E-state index contributed by atoms with van der Waals surface area (Å²) in [6.45, 7) is 0. The van der Waals surface area contributed by atoms with Crippen LogP contribution in [-0.2, 0) is 12.8 Å². The molecule has 3 aromatic heterocycles. The van der Waals surface area contributed by atoms with Crippen LogP contribution in [0.2, 0.25) is 0 Å². The predicted molar refractivity (Wildman–Crippen MR) is 106 cm³/mol. The summed E-state index contributed by atoms with van der Waals surface area (Å²) in [5, 5.41) is 15.7. The van der Waals surface area contributed by atoms with E-state index >= 15 is 0 Å². The Hall–Kier alpha value is -2.91. The van der Waals surface area contributed by atoms with Gasteiger partial charge in [-0.2, -0.15) is 5.10 Å². The molecule has 0 aliphatic rings. The van der Waals surface area contributed by atoms with Gasteiger partial charge in [-0.1, -0.05) is 53.4 Å². The standard InChI is InChI=1S/C18H16N6OS2/c1-23-16(24-9-5-6-10-24)14(11-19-23)15(25)20-17-21-22-18(27-17)26-12-13-7-3-2-4-8-13/h2-11H,12H2,1H3,(H,20,21,25). The van der Waals surface area contributed by atoms with E-state index in [1.807, 2.05) is 47.3 Å². The molecule has 0 saturated carbocycles. The summed E-state index contributed by atoms with van der Waals surface area (Å²) in [5.41, 5.74) is 1.69. The lowest BCUT2D eigenvalue weighted by atomic mass is 10.2. The van der Waals surface area contributed by atoms with Gasteiger partial charge in [0.2, 0.25) is 5.13 Å². The van der Waals surface area contributed by atoms with Gasteiger partial charge in [0.05, 0.1) is 6.20 Å². The van der Waals surface area contributed by atoms with E-state index in [9.17, 15) is 4.79 Å². The van der Waals surface area contributed by atoms with Crippen molar-refractivity contribution in [2.75, 3.05) is 5.32 Å². The third-order valence-corrected chi connectivity index (χ3v) is 5.88. The van der Waals surface area contributed by atoms with Crippen molar-refractivity contribution < 1.29 is 4.79 Å². The highest BCUT2D eigenvalue weighted by atomic mass is 32.2. The summed E-state index contributed by atoms with van der Waals surface area (Å²) in [5.74, 6) is 1.24. The minimum absolute atomic E-state index is 0.262. The molecule has 4 rings (SSSR count). The Morgan fingerprint density at radius 1 is 1.15 bits per heavy atom. The minimum atomic E-state index is -0.262. The molecular formula is C18H16N6OS2. The first-order valence-electron chi connectivity index (χ1n) is 8.17. The van der Waals surface area contributed by atoms with Gasteiger partial charge in [0.25, 0.3) is 5.91 Å². The SMILES string of the molecule is Cn1ncc(C(=O)Nc2nnc(SCc3ccccc3)s2)c1-n1cccc1. The van der Waals surface area contributed by atoms with Crippen molar-refractivity contribution >= 4 is 34.1 Å². The first kappa shape index (κ1) is 17.5. The molecule has 0 saturated heterocycles. The van der Waals surface area contributed by atoms with Crippen LogP contribution in [0.25, 0.3) is 5.82 Å². The topological polar surface area (TPSA) is 77.6 Å². The maximum Gasteiger partial charge on any atom is 0.262 e. The van der Waals surface area contributed by atoms with Gasteiger partial charge in [0, 0.05) is 25.2 Å². The summed E-state index contributed by atoms with van der Waals surface area (Å²) in [6.07, 6.45) is 5.30. The summed E-state index contributed by atoms with van der Waals surface area (Å²) in [6, 6.07) is 14.0. The van der Waals surface area contributed by atoms with Gasteiger partial charge in [-0.15, -0.1) is 10.2 Å². The van der Waals surface area contributed by atoms with E-state index in [4.69, 9.17) is 0 Å². The minimum Gasteiger partial charge on any atom is -0.308 e. The first-order valence-corrected chi connectivity index (χ1v) is 9.98. The lowest BCUT2D eigenvalue weighted by Gasteiger charge is -2.06. The number of rotatable bonds is 6. The highest BCUT2D eigenvalue weighted by molar-refractivity contribution is 8.00. The molecule has 0 spiro atoms. The Morgan fingerprint density at radius 3 is 2.70 bits per heavy atom. The summed E-state index contributed by atoms with van der Waals surface area (Å²) in [4.78, 5) is 12.7. The van der Waals surface area contributed by atoms with E-state index in [-0.39, 0.29) is 5.91 Å². The number of aromatic nitrogens is 5. The fourth-order valence-corrected chi connectivity index (χ4v) is 4.28. The van der Waals surface area contributed by atoms with Crippen LogP contribution in [0.15, 0.2) is 65.4 Å². The Balaban J connectivity index is 1.45. The maximum absolute atomic E-state index is 12.7. The molecule has 9 heteroatoms. The molecule has 1 aromatic carbocycles. The maximum atomic E-state index is 12.7. The molecule has 0 bridgehead atoms. The van der Waals surface area contributed by atoms with E-state index in [2.05, 4.69) is 32.7 Å². The molecule has 0 aliphatic heterocycles. The first-order chi connectivity index (χ1) is 13.2. The number of carbonyl (C=O) groups is 1. The van der Waals surface area contributed by atoms with E-state index < -0.39 is 0 Å². The zero-order valence-corrected chi connectivity index (χ0v) is 16.1. The summed E-state index contributed by atoms with van der Waals surface area (Å²) < 4.78 is 4.32. The molecule has 136 valence electrons. The van der Waals surface area contributed by atoms with Crippen LogP contribution >= 0.6 is 23.1 Å². The molecule has 3 heterocycles. The van der Waals surface area contributed by atoms with Crippen molar-refractivity contribution in [3.8, 4) is 5.82 Å². The van der Waals surface area contributed by atoms with Crippen molar-refractivity contribution in [2.45, 2.75) is 10.1 Å². The Bertz CT molecular complexity index is 1040. The van der Waals surface area contributed by atoms with Crippen LogP contribution in [0.3, 0.4) is 0 Å². The van der Waals surface area contributed by atoms with Crippen LogP contribution in [0.1, 0.15) is 15.9 Å². The number of amides is 1. The third-order valence-electron chi connectivity index (χ3n) is 3.83. The van der Waals surface area contributed by atoms with Gasteiger partial charge < -0.3 is 4.57 Å². The van der Waals surface area contributed by atoms with Crippen molar-refractivity contribution in [3.05, 3.63) is 72.2 Å². The Labute approximate surface area is 164 Å². The van der Waals surface area contributed by atoms with E-state index in [1.54, 1.807) is 29.7 Å². The van der Waals surface area contributed by atoms with Gasteiger partial charge in [0.1, 0.15) is 11.4 Å². The van der Waals surface area contributed by atoms with Crippen LogP contribution < -0.4 is 5.32 Å². The van der Waals surface area contributed by atoms with Gasteiger partial charge >= 0.3 is 0 Å². The number of nitrogens with zero attached hydrogens (tertiary/aromatic N) is 5. The Kier molecular flexibility index (Phi) is 5.03. The number of hydrogen-bond acceptors (Lipinski definition) is 6. The monoisotopic (exact) mass is 396 g/mol. The van der Waals surface area contributed by atoms with E-state index in [1.165, 1.54) is 16.9 Å². The van der Waals surface area contributed by atoms with Crippen LogP contribution in [-0.4, -0.2) is 30.5 Å². The lowest BCUT2D eigenvalue weighted by molar-refractivity contribution is 0.102. The molecule has 0 atom stereocenters. The van der Waals surface area contributed by atoms with Gasteiger partial charge in [-0.05, 0) is 17.7 Å². The zero-order valence-electron chi connectivity index (χ0n) is 14.4. The fraction of sp³-hybridized carbons (Fsp3) is 0.111. The molecule has 1 amide bonds. The number of aryl methyl sites for hydroxylation is 1. The van der Waals surface area contributed by atoms with Crippen molar-refractivity contribution in [3.63, 3.8) is 0 Å².